The van der Waals surface area contributed by atoms with Crippen LogP contribution in [0.1, 0.15) is 31.4 Å². The van der Waals surface area contributed by atoms with Crippen LogP contribution in [-0.2, 0) is 17.6 Å². The average Bonchev–Trinajstić information content (AvgIpc) is 2.81. The van der Waals surface area contributed by atoms with Crippen LogP contribution in [0, 0.1) is 0 Å². The molecule has 3 nitrogen and oxygen atoms in total. The maximum absolute atomic E-state index is 6.21. The number of ether oxygens (including phenoxy) is 2. The Morgan fingerprint density at radius 1 is 1.44 bits per heavy atom. The van der Waals surface area contributed by atoms with Crippen LogP contribution in [-0.4, -0.2) is 25.4 Å². The van der Waals surface area contributed by atoms with Gasteiger partial charge in [0.25, 0.3) is 0 Å². The van der Waals surface area contributed by atoms with Gasteiger partial charge in [-0.2, -0.15) is 0 Å². The molecule has 1 aliphatic heterocycles. The zero-order valence-electron chi connectivity index (χ0n) is 11.4. The van der Waals surface area contributed by atoms with E-state index in [9.17, 15) is 0 Å². The Morgan fingerprint density at radius 3 is 3.06 bits per heavy atom. The van der Waals surface area contributed by atoms with Crippen LogP contribution < -0.4 is 10.5 Å². The number of fused-ring (bicyclic) bond motifs is 1. The molecule has 1 aromatic carbocycles. The molecule has 0 fully saturated rings. The highest BCUT2D eigenvalue weighted by Gasteiger charge is 2.19. The van der Waals surface area contributed by atoms with Crippen LogP contribution >= 0.6 is 0 Å². The van der Waals surface area contributed by atoms with Gasteiger partial charge in [-0.3, -0.25) is 0 Å². The van der Waals surface area contributed by atoms with Crippen LogP contribution in [0.25, 0.3) is 0 Å². The molecule has 0 radical (unpaired) electrons. The van der Waals surface area contributed by atoms with E-state index in [1.165, 1.54) is 11.1 Å². The Kier molecular flexibility index (Phi) is 4.25. The van der Waals surface area contributed by atoms with Crippen LogP contribution in [0.2, 0.25) is 0 Å². The molecule has 1 atom stereocenters. The number of benzene rings is 1. The summed E-state index contributed by atoms with van der Waals surface area (Å²) in [5.41, 5.74) is 8.64. The fraction of sp³-hybridized carbons (Fsp3) is 0.600. The van der Waals surface area contributed by atoms with E-state index in [1.807, 2.05) is 6.92 Å². The molecular weight excluding hydrogens is 226 g/mol. The van der Waals surface area contributed by atoms with Crippen molar-refractivity contribution in [3.63, 3.8) is 0 Å². The highest BCUT2D eigenvalue weighted by atomic mass is 16.5. The monoisotopic (exact) mass is 249 g/mol. The molecular formula is C15H23NO2. The Bertz CT molecular complexity index is 401. The second kappa shape index (κ2) is 5.72. The zero-order valence-corrected chi connectivity index (χ0v) is 11.4. The van der Waals surface area contributed by atoms with Crippen molar-refractivity contribution in [2.24, 2.45) is 5.73 Å². The van der Waals surface area contributed by atoms with Gasteiger partial charge in [-0.1, -0.05) is 12.1 Å². The van der Waals surface area contributed by atoms with Gasteiger partial charge in [0.2, 0.25) is 0 Å². The van der Waals surface area contributed by atoms with E-state index in [0.717, 1.165) is 38.2 Å². The van der Waals surface area contributed by atoms with Crippen molar-refractivity contribution in [3.8, 4) is 5.75 Å². The molecule has 2 N–H and O–H groups in total. The molecule has 2 rings (SSSR count). The summed E-state index contributed by atoms with van der Waals surface area (Å²) < 4.78 is 10.9. The Balaban J connectivity index is 1.90. The Labute approximate surface area is 109 Å². The quantitative estimate of drug-likeness (QED) is 0.841. The molecule has 1 unspecified atom stereocenters. The summed E-state index contributed by atoms with van der Waals surface area (Å²) in [4.78, 5) is 0. The Morgan fingerprint density at radius 2 is 2.28 bits per heavy atom. The summed E-state index contributed by atoms with van der Waals surface area (Å²) in [5.74, 6) is 1.04. The van der Waals surface area contributed by atoms with Crippen LogP contribution in [0.5, 0.6) is 5.75 Å². The standard InChI is InChI=1S/C15H23NO2/c1-3-17-11-15(2,16)8-6-12-4-5-14-13(10-12)7-9-18-14/h4-5,10H,3,6-9,11,16H2,1-2H3. The van der Waals surface area contributed by atoms with Gasteiger partial charge in [0.15, 0.2) is 0 Å². The van der Waals surface area contributed by atoms with E-state index < -0.39 is 0 Å². The summed E-state index contributed by atoms with van der Waals surface area (Å²) in [6.45, 7) is 6.22. The molecule has 0 saturated heterocycles. The first-order valence-electron chi connectivity index (χ1n) is 6.72. The van der Waals surface area contributed by atoms with Gasteiger partial charge in [-0.25, -0.2) is 0 Å². The van der Waals surface area contributed by atoms with Crippen molar-refractivity contribution in [1.82, 2.24) is 0 Å². The molecule has 0 bridgehead atoms. The molecule has 1 aromatic rings. The molecule has 0 aliphatic carbocycles. The fourth-order valence-electron chi connectivity index (χ4n) is 2.23. The molecule has 0 spiro atoms. The third-order valence-corrected chi connectivity index (χ3v) is 3.37. The lowest BCUT2D eigenvalue weighted by atomic mass is 9.94. The number of hydrogen-bond acceptors (Lipinski definition) is 3. The third-order valence-electron chi connectivity index (χ3n) is 3.37. The minimum absolute atomic E-state index is 0.245. The van der Waals surface area contributed by atoms with Crippen molar-refractivity contribution in [2.45, 2.75) is 38.6 Å². The van der Waals surface area contributed by atoms with Gasteiger partial charge in [0, 0.05) is 18.6 Å². The van der Waals surface area contributed by atoms with E-state index >= 15 is 0 Å². The summed E-state index contributed by atoms with van der Waals surface area (Å²) in [7, 11) is 0. The highest BCUT2D eigenvalue weighted by molar-refractivity contribution is 5.39. The largest absolute Gasteiger partial charge is 0.493 e. The van der Waals surface area contributed by atoms with Crippen molar-refractivity contribution >= 4 is 0 Å². The lowest BCUT2D eigenvalue weighted by Crippen LogP contribution is -2.41. The molecule has 1 heterocycles. The lowest BCUT2D eigenvalue weighted by Gasteiger charge is -2.24. The van der Waals surface area contributed by atoms with Crippen molar-refractivity contribution < 1.29 is 9.47 Å². The minimum atomic E-state index is -0.245. The summed E-state index contributed by atoms with van der Waals surface area (Å²) in [6, 6.07) is 6.47. The number of aryl methyl sites for hydroxylation is 1. The van der Waals surface area contributed by atoms with Gasteiger partial charge < -0.3 is 15.2 Å². The third kappa shape index (κ3) is 3.47. The summed E-state index contributed by atoms with van der Waals surface area (Å²) >= 11 is 0. The van der Waals surface area contributed by atoms with Gasteiger partial charge >= 0.3 is 0 Å². The van der Waals surface area contributed by atoms with E-state index in [4.69, 9.17) is 15.2 Å². The van der Waals surface area contributed by atoms with Gasteiger partial charge in [0.1, 0.15) is 5.75 Å². The number of hydrogen-bond donors (Lipinski definition) is 1. The van der Waals surface area contributed by atoms with Crippen molar-refractivity contribution in [2.75, 3.05) is 19.8 Å². The van der Waals surface area contributed by atoms with Gasteiger partial charge in [0.05, 0.1) is 13.2 Å². The zero-order chi connectivity index (χ0) is 13.0. The lowest BCUT2D eigenvalue weighted by molar-refractivity contribution is 0.0978. The maximum atomic E-state index is 6.21. The van der Waals surface area contributed by atoms with Gasteiger partial charge in [-0.05, 0) is 43.9 Å². The minimum Gasteiger partial charge on any atom is -0.493 e. The first-order valence-corrected chi connectivity index (χ1v) is 6.72. The van der Waals surface area contributed by atoms with Gasteiger partial charge in [-0.15, -0.1) is 0 Å². The molecule has 1 aliphatic rings. The second-order valence-corrected chi connectivity index (χ2v) is 5.33. The first kappa shape index (κ1) is 13.4. The average molecular weight is 249 g/mol. The molecule has 3 heteroatoms. The Hall–Kier alpha value is -1.06. The number of rotatable bonds is 6. The molecule has 0 aromatic heterocycles. The highest BCUT2D eigenvalue weighted by Crippen LogP contribution is 2.26. The topological polar surface area (TPSA) is 44.5 Å². The molecule has 100 valence electrons. The van der Waals surface area contributed by atoms with Crippen LogP contribution in [0.4, 0.5) is 0 Å². The fourth-order valence-corrected chi connectivity index (χ4v) is 2.23. The first-order chi connectivity index (χ1) is 8.61. The van der Waals surface area contributed by atoms with Crippen molar-refractivity contribution in [3.05, 3.63) is 29.3 Å². The predicted octanol–water partition coefficient (Wildman–Crippen LogP) is 2.31. The van der Waals surface area contributed by atoms with E-state index in [-0.39, 0.29) is 5.54 Å². The number of nitrogens with two attached hydrogens (primary N) is 1. The molecule has 0 saturated carbocycles. The molecule has 18 heavy (non-hydrogen) atoms. The SMILES string of the molecule is CCOCC(C)(N)CCc1ccc2c(c1)CCO2. The summed E-state index contributed by atoms with van der Waals surface area (Å²) in [6.07, 6.45) is 2.96. The van der Waals surface area contributed by atoms with E-state index in [2.05, 4.69) is 25.1 Å². The van der Waals surface area contributed by atoms with Crippen molar-refractivity contribution in [1.29, 1.82) is 0 Å². The predicted molar refractivity (Wildman–Crippen MR) is 73.0 cm³/mol. The van der Waals surface area contributed by atoms with Crippen LogP contribution in [0.15, 0.2) is 18.2 Å². The smallest absolute Gasteiger partial charge is 0.122 e. The van der Waals surface area contributed by atoms with E-state index in [0.29, 0.717) is 6.61 Å². The summed E-state index contributed by atoms with van der Waals surface area (Å²) in [5, 5.41) is 0. The van der Waals surface area contributed by atoms with E-state index in [1.54, 1.807) is 0 Å². The molecule has 0 amide bonds. The van der Waals surface area contributed by atoms with Crippen LogP contribution in [0.3, 0.4) is 0 Å². The normalized spacial score (nSPS) is 17.1. The second-order valence-electron chi connectivity index (χ2n) is 5.33. The maximum Gasteiger partial charge on any atom is 0.122 e.